The van der Waals surface area contributed by atoms with Crippen LogP contribution in [0, 0.1) is 0 Å². The molecule has 0 fully saturated rings. The molecule has 22 heavy (non-hydrogen) atoms. The number of hydrazone groups is 1. The van der Waals surface area contributed by atoms with Crippen molar-refractivity contribution in [1.29, 1.82) is 0 Å². The molecule has 3 aromatic rings. The van der Waals surface area contributed by atoms with Gasteiger partial charge in [0, 0.05) is 5.02 Å². The second kappa shape index (κ2) is 6.36. The highest BCUT2D eigenvalue weighted by Gasteiger charge is 2.07. The molecule has 0 atom stereocenters. The number of para-hydroxylation sites is 1. The first kappa shape index (κ1) is 14.2. The third-order valence-corrected chi connectivity index (χ3v) is 3.24. The molecule has 1 heterocycles. The molecule has 0 unspecified atom stereocenters. The van der Waals surface area contributed by atoms with Crippen molar-refractivity contribution < 1.29 is 4.79 Å². The van der Waals surface area contributed by atoms with Gasteiger partial charge in [0.1, 0.15) is 12.1 Å². The molecule has 0 spiro atoms. The van der Waals surface area contributed by atoms with Crippen molar-refractivity contribution >= 4 is 34.8 Å². The summed E-state index contributed by atoms with van der Waals surface area (Å²) in [5.74, 6) is -0.277. The first-order valence-corrected chi connectivity index (χ1v) is 6.96. The Morgan fingerprint density at radius 3 is 2.82 bits per heavy atom. The molecule has 1 N–H and O–H groups in total. The van der Waals surface area contributed by atoms with Gasteiger partial charge >= 0.3 is 0 Å². The summed E-state index contributed by atoms with van der Waals surface area (Å²) in [4.78, 5) is 11.9. The molecular formula is C15H12ClN5O. The lowest BCUT2D eigenvalue weighted by Gasteiger charge is -2.01. The molecule has 0 aliphatic carbocycles. The average Bonchev–Trinajstić information content (AvgIpc) is 2.93. The normalized spacial score (nSPS) is 11.1. The minimum Gasteiger partial charge on any atom is -0.271 e. The Balaban J connectivity index is 1.62. The van der Waals surface area contributed by atoms with Gasteiger partial charge in [-0.05, 0) is 29.8 Å². The van der Waals surface area contributed by atoms with Gasteiger partial charge in [0.15, 0.2) is 0 Å². The summed E-state index contributed by atoms with van der Waals surface area (Å²) in [6.07, 6.45) is 1.55. The van der Waals surface area contributed by atoms with E-state index in [1.807, 2.05) is 36.4 Å². The van der Waals surface area contributed by atoms with Crippen molar-refractivity contribution in [1.82, 2.24) is 20.4 Å². The van der Waals surface area contributed by atoms with E-state index in [-0.39, 0.29) is 12.5 Å². The molecule has 2 aromatic carbocycles. The van der Waals surface area contributed by atoms with Crippen LogP contribution in [0.4, 0.5) is 0 Å². The molecule has 0 saturated carbocycles. The number of aromatic nitrogens is 3. The predicted molar refractivity (Wildman–Crippen MR) is 84.7 cm³/mol. The number of nitrogens with zero attached hydrogens (tertiary/aromatic N) is 4. The quantitative estimate of drug-likeness (QED) is 0.593. The van der Waals surface area contributed by atoms with E-state index in [2.05, 4.69) is 20.8 Å². The Hall–Kier alpha value is -2.73. The van der Waals surface area contributed by atoms with Gasteiger partial charge in [-0.1, -0.05) is 41.1 Å². The van der Waals surface area contributed by atoms with Gasteiger partial charge in [-0.3, -0.25) is 4.79 Å². The summed E-state index contributed by atoms with van der Waals surface area (Å²) in [7, 11) is 0. The van der Waals surface area contributed by atoms with Gasteiger partial charge in [-0.15, -0.1) is 5.10 Å². The zero-order valence-electron chi connectivity index (χ0n) is 11.5. The summed E-state index contributed by atoms with van der Waals surface area (Å²) in [6.45, 7) is 0.0540. The summed E-state index contributed by atoms with van der Waals surface area (Å²) in [6, 6.07) is 14.6. The summed E-state index contributed by atoms with van der Waals surface area (Å²) in [5, 5.41) is 12.5. The lowest BCUT2D eigenvalue weighted by molar-refractivity contribution is -0.121. The molecule has 3 rings (SSSR count). The fourth-order valence-corrected chi connectivity index (χ4v) is 2.06. The van der Waals surface area contributed by atoms with Crippen LogP contribution in [0.3, 0.4) is 0 Å². The van der Waals surface area contributed by atoms with Gasteiger partial charge < -0.3 is 0 Å². The molecule has 7 heteroatoms. The van der Waals surface area contributed by atoms with Crippen LogP contribution in [0.15, 0.2) is 53.6 Å². The van der Waals surface area contributed by atoms with Crippen molar-refractivity contribution in [3.8, 4) is 0 Å². The fraction of sp³-hybridized carbons (Fsp3) is 0.0667. The minimum absolute atomic E-state index is 0.0540. The number of nitrogens with one attached hydrogen (secondary N) is 1. The predicted octanol–water partition coefficient (Wildman–Crippen LogP) is 2.24. The number of rotatable bonds is 4. The summed E-state index contributed by atoms with van der Waals surface area (Å²) < 4.78 is 1.53. The second-order valence-electron chi connectivity index (χ2n) is 4.58. The van der Waals surface area contributed by atoms with Crippen LogP contribution < -0.4 is 5.43 Å². The summed E-state index contributed by atoms with van der Waals surface area (Å²) in [5.41, 5.74) is 4.86. The zero-order valence-corrected chi connectivity index (χ0v) is 12.2. The van der Waals surface area contributed by atoms with Crippen LogP contribution in [0.2, 0.25) is 5.02 Å². The maximum atomic E-state index is 11.9. The third kappa shape index (κ3) is 3.29. The largest absolute Gasteiger partial charge is 0.271 e. The lowest BCUT2D eigenvalue weighted by Crippen LogP contribution is -2.23. The van der Waals surface area contributed by atoms with E-state index in [1.54, 1.807) is 18.3 Å². The molecular weight excluding hydrogens is 302 g/mol. The fourth-order valence-electron chi connectivity index (χ4n) is 1.93. The molecule has 0 saturated heterocycles. The molecule has 110 valence electrons. The van der Waals surface area contributed by atoms with Crippen molar-refractivity contribution in [2.24, 2.45) is 5.10 Å². The Labute approximate surface area is 131 Å². The average molecular weight is 314 g/mol. The van der Waals surface area contributed by atoms with Crippen LogP contribution in [-0.2, 0) is 11.3 Å². The number of benzene rings is 2. The Kier molecular flexibility index (Phi) is 4.11. The van der Waals surface area contributed by atoms with Gasteiger partial charge in [-0.25, -0.2) is 10.1 Å². The first-order chi connectivity index (χ1) is 10.7. The number of hydrogen-bond acceptors (Lipinski definition) is 4. The number of amides is 1. The van der Waals surface area contributed by atoms with Crippen molar-refractivity contribution in [3.05, 3.63) is 59.1 Å². The number of fused-ring (bicyclic) bond motifs is 1. The van der Waals surface area contributed by atoms with Crippen LogP contribution >= 0.6 is 11.6 Å². The Morgan fingerprint density at radius 1 is 1.23 bits per heavy atom. The first-order valence-electron chi connectivity index (χ1n) is 6.58. The van der Waals surface area contributed by atoms with E-state index in [0.717, 1.165) is 16.6 Å². The molecule has 1 amide bonds. The Bertz CT molecular complexity index is 825. The summed E-state index contributed by atoms with van der Waals surface area (Å²) >= 11 is 5.79. The van der Waals surface area contributed by atoms with E-state index in [0.29, 0.717) is 5.02 Å². The van der Waals surface area contributed by atoms with Gasteiger partial charge in [0.2, 0.25) is 0 Å². The van der Waals surface area contributed by atoms with Crippen molar-refractivity contribution in [2.45, 2.75) is 6.54 Å². The molecule has 0 aliphatic rings. The number of carbonyl (C=O) groups is 1. The van der Waals surface area contributed by atoms with Gasteiger partial charge in [0.05, 0.1) is 11.7 Å². The number of halogens is 1. The smallest absolute Gasteiger partial charge is 0.261 e. The zero-order chi connectivity index (χ0) is 15.4. The van der Waals surface area contributed by atoms with E-state index < -0.39 is 0 Å². The second-order valence-corrected chi connectivity index (χ2v) is 5.02. The Morgan fingerprint density at radius 2 is 2.00 bits per heavy atom. The highest BCUT2D eigenvalue weighted by molar-refractivity contribution is 6.30. The number of carbonyl (C=O) groups excluding carboxylic acids is 1. The molecule has 0 aliphatic heterocycles. The maximum absolute atomic E-state index is 11.9. The van der Waals surface area contributed by atoms with Crippen molar-refractivity contribution in [3.63, 3.8) is 0 Å². The van der Waals surface area contributed by atoms with Gasteiger partial charge in [0.25, 0.3) is 5.91 Å². The third-order valence-electron chi connectivity index (χ3n) is 2.99. The standard InChI is InChI=1S/C15H12ClN5O/c16-12-7-5-11(6-8-12)9-17-19-15(22)10-21-14-4-2-1-3-13(14)18-20-21/h1-9H,10H2,(H,19,22). The molecule has 0 radical (unpaired) electrons. The van der Waals surface area contributed by atoms with Crippen LogP contribution in [0.5, 0.6) is 0 Å². The monoisotopic (exact) mass is 313 g/mol. The van der Waals surface area contributed by atoms with E-state index in [1.165, 1.54) is 4.68 Å². The number of hydrogen-bond donors (Lipinski definition) is 1. The SMILES string of the molecule is O=C(Cn1nnc2ccccc21)NN=Cc1ccc(Cl)cc1. The highest BCUT2D eigenvalue weighted by atomic mass is 35.5. The van der Waals surface area contributed by atoms with Gasteiger partial charge in [-0.2, -0.15) is 5.10 Å². The van der Waals surface area contributed by atoms with E-state index in [9.17, 15) is 4.79 Å². The highest BCUT2D eigenvalue weighted by Crippen LogP contribution is 2.09. The molecule has 1 aromatic heterocycles. The molecule has 0 bridgehead atoms. The van der Waals surface area contributed by atoms with E-state index in [4.69, 9.17) is 11.6 Å². The lowest BCUT2D eigenvalue weighted by atomic mass is 10.2. The van der Waals surface area contributed by atoms with Crippen molar-refractivity contribution in [2.75, 3.05) is 0 Å². The topological polar surface area (TPSA) is 72.2 Å². The van der Waals surface area contributed by atoms with Crippen LogP contribution in [0.25, 0.3) is 11.0 Å². The maximum Gasteiger partial charge on any atom is 0.261 e. The van der Waals surface area contributed by atoms with Crippen LogP contribution in [-0.4, -0.2) is 27.1 Å². The van der Waals surface area contributed by atoms with E-state index >= 15 is 0 Å². The minimum atomic E-state index is -0.277. The molecule has 6 nitrogen and oxygen atoms in total. The van der Waals surface area contributed by atoms with Crippen LogP contribution in [0.1, 0.15) is 5.56 Å².